The molecule has 0 spiro atoms. The molecule has 3 unspecified atom stereocenters. The molecule has 3 aromatic rings. The van der Waals surface area contributed by atoms with Crippen molar-refractivity contribution in [2.75, 3.05) is 5.32 Å². The highest BCUT2D eigenvalue weighted by atomic mass is 79.9. The van der Waals surface area contributed by atoms with Crippen LogP contribution in [0.4, 0.5) is 5.82 Å². The molecule has 1 fully saturated rings. The lowest BCUT2D eigenvalue weighted by Crippen LogP contribution is -2.47. The maximum atomic E-state index is 4.55. The van der Waals surface area contributed by atoms with E-state index < -0.39 is 0 Å². The van der Waals surface area contributed by atoms with E-state index in [9.17, 15) is 0 Å². The zero-order chi connectivity index (χ0) is 17.0. The lowest BCUT2D eigenvalue weighted by atomic mass is 9.60. The molecule has 1 aromatic heterocycles. The van der Waals surface area contributed by atoms with Gasteiger partial charge in [-0.3, -0.25) is 0 Å². The van der Waals surface area contributed by atoms with E-state index in [1.54, 1.807) is 17.5 Å². The largest absolute Gasteiger partial charge is 0.366 e. The van der Waals surface area contributed by atoms with Crippen molar-refractivity contribution in [2.24, 2.45) is 5.92 Å². The third-order valence-electron chi connectivity index (χ3n) is 5.90. The Morgan fingerprint density at radius 3 is 2.96 bits per heavy atom. The van der Waals surface area contributed by atoms with Crippen LogP contribution >= 0.6 is 15.9 Å². The van der Waals surface area contributed by atoms with Crippen LogP contribution in [-0.4, -0.2) is 16.0 Å². The smallest absolute Gasteiger partial charge is 0.137 e. The van der Waals surface area contributed by atoms with Crippen LogP contribution in [0.15, 0.2) is 47.2 Å². The lowest BCUT2D eigenvalue weighted by Gasteiger charge is -2.49. The zero-order valence-electron chi connectivity index (χ0n) is 14.2. The van der Waals surface area contributed by atoms with Gasteiger partial charge in [0.05, 0.1) is 5.52 Å². The molecule has 1 N–H and O–H groups in total. The normalized spacial score (nSPS) is 24.3. The number of rotatable bonds is 2. The Morgan fingerprint density at radius 2 is 2.04 bits per heavy atom. The van der Waals surface area contributed by atoms with E-state index in [0.717, 1.165) is 21.2 Å². The van der Waals surface area contributed by atoms with E-state index in [-0.39, 0.29) is 0 Å². The number of hydrogen-bond donors (Lipinski definition) is 1. The summed E-state index contributed by atoms with van der Waals surface area (Å²) in [6.07, 6.45) is 5.33. The summed E-state index contributed by atoms with van der Waals surface area (Å²) in [7, 11) is 0. The van der Waals surface area contributed by atoms with Gasteiger partial charge in [0, 0.05) is 15.9 Å². The number of fused-ring (bicyclic) bond motifs is 4. The molecule has 25 heavy (non-hydrogen) atoms. The summed E-state index contributed by atoms with van der Waals surface area (Å²) < 4.78 is 1.03. The van der Waals surface area contributed by atoms with Crippen LogP contribution in [0.5, 0.6) is 0 Å². The maximum Gasteiger partial charge on any atom is 0.137 e. The van der Waals surface area contributed by atoms with Gasteiger partial charge < -0.3 is 5.32 Å². The first kappa shape index (κ1) is 15.3. The minimum Gasteiger partial charge on any atom is -0.366 e. The van der Waals surface area contributed by atoms with Crippen LogP contribution in [0.25, 0.3) is 10.9 Å². The summed E-state index contributed by atoms with van der Waals surface area (Å²) in [5.74, 6) is 2.40. The molecule has 1 saturated carbocycles. The van der Waals surface area contributed by atoms with Crippen LogP contribution in [0, 0.1) is 12.8 Å². The van der Waals surface area contributed by atoms with Gasteiger partial charge in [0.2, 0.25) is 0 Å². The second-order valence-electron chi connectivity index (χ2n) is 7.36. The second-order valence-corrected chi connectivity index (χ2v) is 8.21. The molecule has 3 atom stereocenters. The Kier molecular flexibility index (Phi) is 3.56. The van der Waals surface area contributed by atoms with Crippen molar-refractivity contribution in [3.63, 3.8) is 0 Å². The van der Waals surface area contributed by atoms with E-state index in [0.29, 0.717) is 17.9 Å². The summed E-state index contributed by atoms with van der Waals surface area (Å²) in [6.45, 7) is 2.11. The molecule has 0 bridgehead atoms. The fraction of sp³-hybridized carbons (Fsp3) is 0.333. The van der Waals surface area contributed by atoms with Gasteiger partial charge in [0.15, 0.2) is 0 Å². The van der Waals surface area contributed by atoms with Gasteiger partial charge in [-0.25, -0.2) is 9.97 Å². The molecular weight excluding hydrogens is 374 g/mol. The summed E-state index contributed by atoms with van der Waals surface area (Å²) in [6, 6.07) is 13.8. The van der Waals surface area contributed by atoms with E-state index in [1.165, 1.54) is 24.8 Å². The second kappa shape index (κ2) is 5.80. The van der Waals surface area contributed by atoms with Gasteiger partial charge in [-0.1, -0.05) is 24.3 Å². The number of hydrogen-bond acceptors (Lipinski definition) is 3. The van der Waals surface area contributed by atoms with Crippen LogP contribution in [-0.2, 0) is 6.42 Å². The molecule has 5 rings (SSSR count). The van der Waals surface area contributed by atoms with Crippen molar-refractivity contribution in [1.29, 1.82) is 0 Å². The van der Waals surface area contributed by atoms with Crippen molar-refractivity contribution >= 4 is 32.7 Å². The van der Waals surface area contributed by atoms with Crippen LogP contribution < -0.4 is 5.32 Å². The Morgan fingerprint density at radius 1 is 1.16 bits per heavy atom. The topological polar surface area (TPSA) is 37.8 Å². The molecular formula is C21H20BrN3. The molecule has 2 aliphatic carbocycles. The van der Waals surface area contributed by atoms with Gasteiger partial charge in [-0.2, -0.15) is 0 Å². The average molecular weight is 394 g/mol. The van der Waals surface area contributed by atoms with Crippen LogP contribution in [0.3, 0.4) is 0 Å². The first-order chi connectivity index (χ1) is 12.2. The minimum atomic E-state index is 0.510. The van der Waals surface area contributed by atoms with Gasteiger partial charge in [0.1, 0.15) is 12.1 Å². The number of aromatic nitrogens is 2. The highest BCUT2D eigenvalue weighted by Gasteiger charge is 2.44. The molecule has 2 aliphatic rings. The lowest BCUT2D eigenvalue weighted by molar-refractivity contribution is 0.194. The summed E-state index contributed by atoms with van der Waals surface area (Å²) >= 11 is 3.63. The van der Waals surface area contributed by atoms with Crippen molar-refractivity contribution in [3.05, 3.63) is 63.9 Å². The Hall–Kier alpha value is -1.94. The van der Waals surface area contributed by atoms with Crippen LogP contribution in [0.1, 0.15) is 35.4 Å². The number of aryl methyl sites for hydroxylation is 2. The van der Waals surface area contributed by atoms with Crippen LogP contribution in [0.2, 0.25) is 0 Å². The number of anilines is 1. The number of halogens is 1. The van der Waals surface area contributed by atoms with E-state index >= 15 is 0 Å². The minimum absolute atomic E-state index is 0.510. The predicted molar refractivity (Wildman–Crippen MR) is 105 cm³/mol. The summed E-state index contributed by atoms with van der Waals surface area (Å²) in [4.78, 5) is 9.00. The van der Waals surface area contributed by atoms with Crippen molar-refractivity contribution in [1.82, 2.24) is 9.97 Å². The summed E-state index contributed by atoms with van der Waals surface area (Å²) in [5, 5.41) is 4.84. The van der Waals surface area contributed by atoms with Crippen molar-refractivity contribution in [2.45, 2.75) is 38.1 Å². The molecule has 0 aliphatic heterocycles. The fourth-order valence-corrected chi connectivity index (χ4v) is 5.31. The maximum absolute atomic E-state index is 4.55. The Bertz CT molecular complexity index is 969. The zero-order valence-corrected chi connectivity index (χ0v) is 15.8. The van der Waals surface area contributed by atoms with Gasteiger partial charge >= 0.3 is 0 Å². The van der Waals surface area contributed by atoms with Gasteiger partial charge in [-0.15, -0.1) is 0 Å². The number of benzene rings is 2. The predicted octanol–water partition coefficient (Wildman–Crippen LogP) is 5.23. The third-order valence-corrected chi connectivity index (χ3v) is 6.51. The number of nitrogens with zero attached hydrogens (tertiary/aromatic N) is 2. The molecule has 2 aromatic carbocycles. The number of nitrogens with one attached hydrogen (secondary N) is 1. The molecule has 0 saturated heterocycles. The quantitative estimate of drug-likeness (QED) is 0.647. The average Bonchev–Trinajstić information content (AvgIpc) is 2.59. The molecule has 0 amide bonds. The Labute approximate surface area is 156 Å². The Balaban J connectivity index is 1.44. The molecule has 126 valence electrons. The van der Waals surface area contributed by atoms with Gasteiger partial charge in [-0.05, 0) is 82.8 Å². The fourth-order valence-electron chi connectivity index (χ4n) is 4.63. The van der Waals surface area contributed by atoms with Crippen molar-refractivity contribution in [3.8, 4) is 0 Å². The highest BCUT2D eigenvalue weighted by molar-refractivity contribution is 9.10. The first-order valence-corrected chi connectivity index (χ1v) is 9.75. The SMILES string of the molecule is Cc1cc(Br)c2ncnc(NC3CC4c5ccccc5CCC34)c2c1. The summed E-state index contributed by atoms with van der Waals surface area (Å²) in [5.41, 5.74) is 5.32. The third kappa shape index (κ3) is 2.46. The monoisotopic (exact) mass is 393 g/mol. The molecule has 1 heterocycles. The van der Waals surface area contributed by atoms with E-state index in [2.05, 4.69) is 74.5 Å². The molecule has 4 heteroatoms. The molecule has 3 nitrogen and oxygen atoms in total. The highest BCUT2D eigenvalue weighted by Crippen LogP contribution is 2.50. The standard InChI is InChI=1S/C21H20BrN3/c1-12-8-17-20(18(22)9-12)23-11-24-21(17)25-19-10-16-14-5-3-2-4-13(14)6-7-15(16)19/h2-5,8-9,11,15-16,19H,6-7,10H2,1H3,(H,23,24,25). The van der Waals surface area contributed by atoms with E-state index in [1.807, 2.05) is 0 Å². The van der Waals surface area contributed by atoms with Crippen molar-refractivity contribution < 1.29 is 0 Å². The molecule has 0 radical (unpaired) electrons. The first-order valence-electron chi connectivity index (χ1n) is 8.96. The van der Waals surface area contributed by atoms with Gasteiger partial charge in [0.25, 0.3) is 0 Å². The van der Waals surface area contributed by atoms with E-state index in [4.69, 9.17) is 0 Å².